The zero-order chi connectivity index (χ0) is 12.3. The van der Waals surface area contributed by atoms with Crippen molar-refractivity contribution in [3.8, 4) is 5.75 Å². The standard InChI is InChI=1S/C11H15Cl2NO2/c1-14(2)10(6-15)8-4-7(12)5-9(13)11(8)16-3/h4-5,10,15H,6H2,1-3H3. The van der Waals surface area contributed by atoms with Gasteiger partial charge in [-0.15, -0.1) is 0 Å². The van der Waals surface area contributed by atoms with Crippen LogP contribution in [0.15, 0.2) is 12.1 Å². The van der Waals surface area contributed by atoms with Gasteiger partial charge in [0.2, 0.25) is 0 Å². The quantitative estimate of drug-likeness (QED) is 0.907. The average Bonchev–Trinajstić information content (AvgIpc) is 2.17. The van der Waals surface area contributed by atoms with E-state index in [1.807, 2.05) is 19.0 Å². The van der Waals surface area contributed by atoms with Crippen LogP contribution in [0.25, 0.3) is 0 Å². The molecule has 1 aromatic carbocycles. The van der Waals surface area contributed by atoms with Crippen LogP contribution in [-0.4, -0.2) is 37.8 Å². The number of aliphatic hydroxyl groups excluding tert-OH is 1. The highest BCUT2D eigenvalue weighted by atomic mass is 35.5. The summed E-state index contributed by atoms with van der Waals surface area (Å²) in [6.45, 7) is -0.0277. The minimum Gasteiger partial charge on any atom is -0.495 e. The second-order valence-electron chi connectivity index (χ2n) is 3.67. The van der Waals surface area contributed by atoms with Crippen molar-refractivity contribution in [3.63, 3.8) is 0 Å². The topological polar surface area (TPSA) is 32.7 Å². The summed E-state index contributed by atoms with van der Waals surface area (Å²) in [6, 6.07) is 3.19. The van der Waals surface area contributed by atoms with E-state index in [2.05, 4.69) is 0 Å². The molecule has 0 saturated carbocycles. The third-order valence-corrected chi connectivity index (χ3v) is 2.90. The Kier molecular flexibility index (Phi) is 4.87. The molecule has 1 N–H and O–H groups in total. The second kappa shape index (κ2) is 5.73. The smallest absolute Gasteiger partial charge is 0.142 e. The van der Waals surface area contributed by atoms with Gasteiger partial charge < -0.3 is 14.7 Å². The van der Waals surface area contributed by atoms with Crippen LogP contribution in [-0.2, 0) is 0 Å². The molecule has 0 aliphatic heterocycles. The van der Waals surface area contributed by atoms with Crippen LogP contribution >= 0.6 is 23.2 Å². The molecule has 0 fully saturated rings. The monoisotopic (exact) mass is 263 g/mol. The van der Waals surface area contributed by atoms with Gasteiger partial charge in [-0.2, -0.15) is 0 Å². The normalized spacial score (nSPS) is 12.9. The lowest BCUT2D eigenvalue weighted by atomic mass is 10.1. The van der Waals surface area contributed by atoms with Crippen LogP contribution in [0.1, 0.15) is 11.6 Å². The van der Waals surface area contributed by atoms with Gasteiger partial charge in [0, 0.05) is 10.6 Å². The van der Waals surface area contributed by atoms with E-state index >= 15 is 0 Å². The first-order valence-corrected chi connectivity index (χ1v) is 5.57. The van der Waals surface area contributed by atoms with Crippen molar-refractivity contribution in [2.24, 2.45) is 0 Å². The molecule has 0 aromatic heterocycles. The summed E-state index contributed by atoms with van der Waals surface area (Å²) >= 11 is 12.0. The number of ether oxygens (including phenoxy) is 1. The third-order valence-electron chi connectivity index (χ3n) is 2.40. The van der Waals surface area contributed by atoms with Gasteiger partial charge in [0.15, 0.2) is 0 Å². The Morgan fingerprint density at radius 2 is 2.00 bits per heavy atom. The number of aliphatic hydroxyl groups is 1. The van der Waals surface area contributed by atoms with Crippen molar-refractivity contribution >= 4 is 23.2 Å². The predicted octanol–water partition coefficient (Wildman–Crippen LogP) is 2.60. The fourth-order valence-electron chi connectivity index (χ4n) is 1.58. The molecule has 0 radical (unpaired) electrons. The van der Waals surface area contributed by atoms with Gasteiger partial charge in [0.1, 0.15) is 5.75 Å². The lowest BCUT2D eigenvalue weighted by molar-refractivity contribution is 0.168. The van der Waals surface area contributed by atoms with Gasteiger partial charge in [0.05, 0.1) is 24.8 Å². The molecule has 0 heterocycles. The molecule has 3 nitrogen and oxygen atoms in total. The van der Waals surface area contributed by atoms with E-state index in [-0.39, 0.29) is 12.6 Å². The minimum absolute atomic E-state index is 0.0277. The summed E-state index contributed by atoms with van der Waals surface area (Å²) in [6.07, 6.45) is 0. The zero-order valence-electron chi connectivity index (χ0n) is 9.50. The van der Waals surface area contributed by atoms with Crippen LogP contribution in [0, 0.1) is 0 Å². The lowest BCUT2D eigenvalue weighted by Crippen LogP contribution is -2.23. The molecule has 0 amide bonds. The van der Waals surface area contributed by atoms with E-state index in [0.717, 1.165) is 5.56 Å². The number of benzene rings is 1. The predicted molar refractivity (Wildman–Crippen MR) is 66.5 cm³/mol. The van der Waals surface area contributed by atoms with Crippen LogP contribution < -0.4 is 4.74 Å². The van der Waals surface area contributed by atoms with E-state index in [9.17, 15) is 5.11 Å². The van der Waals surface area contributed by atoms with Crippen LogP contribution in [0.3, 0.4) is 0 Å². The summed E-state index contributed by atoms with van der Waals surface area (Å²) in [7, 11) is 5.28. The van der Waals surface area contributed by atoms with Gasteiger partial charge in [-0.25, -0.2) is 0 Å². The Hall–Kier alpha value is -0.480. The molecule has 0 saturated heterocycles. The molecule has 1 unspecified atom stereocenters. The maximum atomic E-state index is 9.37. The summed E-state index contributed by atoms with van der Waals surface area (Å²) in [4.78, 5) is 1.88. The van der Waals surface area contributed by atoms with E-state index in [1.165, 1.54) is 0 Å². The molecule has 1 aromatic rings. The highest BCUT2D eigenvalue weighted by Gasteiger charge is 2.20. The molecule has 1 rings (SSSR count). The number of rotatable bonds is 4. The number of halogens is 2. The number of hydrogen-bond acceptors (Lipinski definition) is 3. The van der Waals surface area contributed by atoms with Gasteiger partial charge in [0.25, 0.3) is 0 Å². The SMILES string of the molecule is COc1c(Cl)cc(Cl)cc1C(CO)N(C)C. The highest BCUT2D eigenvalue weighted by molar-refractivity contribution is 6.35. The molecule has 5 heteroatoms. The summed E-state index contributed by atoms with van der Waals surface area (Å²) < 4.78 is 5.24. The average molecular weight is 264 g/mol. The van der Waals surface area contributed by atoms with Crippen molar-refractivity contribution in [1.82, 2.24) is 4.90 Å². The van der Waals surface area contributed by atoms with Gasteiger partial charge >= 0.3 is 0 Å². The molecule has 16 heavy (non-hydrogen) atoms. The van der Waals surface area contributed by atoms with Crippen LogP contribution in [0.4, 0.5) is 0 Å². The maximum absolute atomic E-state index is 9.37. The largest absolute Gasteiger partial charge is 0.495 e. The third kappa shape index (κ3) is 2.80. The molecule has 0 aliphatic rings. The molecule has 0 aliphatic carbocycles. The molecular formula is C11H15Cl2NO2. The zero-order valence-corrected chi connectivity index (χ0v) is 11.0. The molecule has 0 bridgehead atoms. The minimum atomic E-state index is -0.189. The van der Waals surface area contributed by atoms with Gasteiger partial charge in [-0.3, -0.25) is 0 Å². The van der Waals surface area contributed by atoms with Crippen LogP contribution in [0.5, 0.6) is 5.75 Å². The Bertz CT molecular complexity index is 369. The Morgan fingerprint density at radius 1 is 1.38 bits per heavy atom. The first-order valence-electron chi connectivity index (χ1n) is 4.81. The fraction of sp³-hybridized carbons (Fsp3) is 0.455. The Labute approximate surface area is 106 Å². The van der Waals surface area contributed by atoms with Gasteiger partial charge in [-0.1, -0.05) is 23.2 Å². The van der Waals surface area contributed by atoms with E-state index in [4.69, 9.17) is 27.9 Å². The first-order chi connectivity index (χ1) is 7.51. The van der Waals surface area contributed by atoms with Crippen molar-refractivity contribution < 1.29 is 9.84 Å². The molecule has 1 atom stereocenters. The van der Waals surface area contributed by atoms with E-state index < -0.39 is 0 Å². The first kappa shape index (κ1) is 13.6. The molecular weight excluding hydrogens is 249 g/mol. The fourth-order valence-corrected chi connectivity index (χ4v) is 2.17. The summed E-state index contributed by atoms with van der Waals surface area (Å²) in [5.74, 6) is 0.554. The van der Waals surface area contributed by atoms with Crippen LogP contribution in [0.2, 0.25) is 10.0 Å². The van der Waals surface area contributed by atoms with E-state index in [1.54, 1.807) is 19.2 Å². The number of likely N-dealkylation sites (N-methyl/N-ethyl adjacent to an activating group) is 1. The van der Waals surface area contributed by atoms with Gasteiger partial charge in [-0.05, 0) is 26.2 Å². The Morgan fingerprint density at radius 3 is 2.44 bits per heavy atom. The number of hydrogen-bond donors (Lipinski definition) is 1. The van der Waals surface area contributed by atoms with Crippen molar-refractivity contribution in [2.45, 2.75) is 6.04 Å². The lowest BCUT2D eigenvalue weighted by Gasteiger charge is -2.25. The van der Waals surface area contributed by atoms with Crippen molar-refractivity contribution in [2.75, 3.05) is 27.8 Å². The Balaban J connectivity index is 3.29. The van der Waals surface area contributed by atoms with Crippen molar-refractivity contribution in [1.29, 1.82) is 0 Å². The molecule has 90 valence electrons. The van der Waals surface area contributed by atoms with E-state index in [0.29, 0.717) is 15.8 Å². The highest BCUT2D eigenvalue weighted by Crippen LogP contribution is 2.36. The summed E-state index contributed by atoms with van der Waals surface area (Å²) in [5, 5.41) is 10.3. The summed E-state index contributed by atoms with van der Waals surface area (Å²) in [5.41, 5.74) is 0.785. The molecule has 0 spiro atoms. The number of nitrogens with zero attached hydrogens (tertiary/aromatic N) is 1. The van der Waals surface area contributed by atoms with Crippen molar-refractivity contribution in [3.05, 3.63) is 27.7 Å². The maximum Gasteiger partial charge on any atom is 0.142 e. The second-order valence-corrected chi connectivity index (χ2v) is 4.52. The number of methoxy groups -OCH3 is 1.